The van der Waals surface area contributed by atoms with Gasteiger partial charge in [0.1, 0.15) is 0 Å². The fourth-order valence-electron chi connectivity index (χ4n) is 1.03. The predicted octanol–water partition coefficient (Wildman–Crippen LogP) is 2.34. The lowest BCUT2D eigenvalue weighted by Crippen LogP contribution is -2.22. The van der Waals surface area contributed by atoms with Crippen LogP contribution in [0.15, 0.2) is 28.9 Å². The van der Waals surface area contributed by atoms with Gasteiger partial charge in [0.15, 0.2) is 0 Å². The summed E-state index contributed by atoms with van der Waals surface area (Å²) in [7, 11) is 0. The lowest BCUT2D eigenvalue weighted by molar-refractivity contribution is -0.160. The molecular weight excluding hydrogens is 183 g/mol. The van der Waals surface area contributed by atoms with E-state index in [9.17, 15) is 18.0 Å². The van der Waals surface area contributed by atoms with Crippen molar-refractivity contribution in [1.29, 1.82) is 0 Å². The minimum Gasteiger partial charge on any atom is -0.211 e. The quantitative estimate of drug-likeness (QED) is 0.459. The zero-order valence-corrected chi connectivity index (χ0v) is 6.51. The van der Waals surface area contributed by atoms with E-state index in [-0.39, 0.29) is 12.1 Å². The number of aliphatic imine (C=N–C) groups is 1. The zero-order chi connectivity index (χ0) is 9.90. The van der Waals surface area contributed by atoms with Crippen molar-refractivity contribution >= 4 is 6.08 Å². The average Bonchev–Trinajstić information content (AvgIpc) is 2.04. The molecular formula is C8H6F3NO. The second-order valence-electron chi connectivity index (χ2n) is 2.60. The molecule has 0 fully saturated rings. The van der Waals surface area contributed by atoms with Crippen LogP contribution in [0, 0.1) is 5.92 Å². The number of hydrogen-bond acceptors (Lipinski definition) is 2. The topological polar surface area (TPSA) is 29.4 Å². The first-order chi connectivity index (χ1) is 6.04. The molecule has 0 aliphatic heterocycles. The molecule has 13 heavy (non-hydrogen) atoms. The molecule has 0 N–H and O–H groups in total. The summed E-state index contributed by atoms with van der Waals surface area (Å²) in [4.78, 5) is 12.9. The van der Waals surface area contributed by atoms with E-state index in [0.717, 1.165) is 6.08 Å². The average molecular weight is 189 g/mol. The van der Waals surface area contributed by atoms with Gasteiger partial charge in [0, 0.05) is 6.42 Å². The first-order valence-electron chi connectivity index (χ1n) is 3.56. The third kappa shape index (κ3) is 2.56. The van der Waals surface area contributed by atoms with Crippen LogP contribution in [0.4, 0.5) is 13.2 Å². The van der Waals surface area contributed by atoms with Gasteiger partial charge in [0.25, 0.3) is 0 Å². The summed E-state index contributed by atoms with van der Waals surface area (Å²) in [6.45, 7) is 0. The van der Waals surface area contributed by atoms with Crippen molar-refractivity contribution in [1.82, 2.24) is 0 Å². The molecule has 2 nitrogen and oxygen atoms in total. The number of carbonyl (C=O) groups excluding carboxylic acids is 1. The maximum absolute atomic E-state index is 12.1. The minimum absolute atomic E-state index is 0.111. The van der Waals surface area contributed by atoms with Gasteiger partial charge < -0.3 is 0 Å². The molecule has 1 unspecified atom stereocenters. The number of allylic oxidation sites excluding steroid dienone is 4. The number of halogens is 3. The van der Waals surface area contributed by atoms with E-state index in [2.05, 4.69) is 4.99 Å². The zero-order valence-electron chi connectivity index (χ0n) is 6.51. The summed E-state index contributed by atoms with van der Waals surface area (Å²) in [6.07, 6.45) is 0.324. The Kier molecular flexibility index (Phi) is 2.68. The van der Waals surface area contributed by atoms with Crippen molar-refractivity contribution in [2.45, 2.75) is 12.6 Å². The van der Waals surface area contributed by atoms with Crippen LogP contribution in [0.1, 0.15) is 6.42 Å². The van der Waals surface area contributed by atoms with Gasteiger partial charge in [0.05, 0.1) is 11.6 Å². The summed E-state index contributed by atoms with van der Waals surface area (Å²) in [6, 6.07) is 0. The third-order valence-corrected chi connectivity index (χ3v) is 1.67. The smallest absolute Gasteiger partial charge is 0.211 e. The SMILES string of the molecule is O=C=NC1=CC=CC(C(F)(F)F)C1. The third-order valence-electron chi connectivity index (χ3n) is 1.67. The van der Waals surface area contributed by atoms with Crippen LogP contribution < -0.4 is 0 Å². The Morgan fingerprint density at radius 1 is 1.54 bits per heavy atom. The number of rotatable bonds is 1. The second kappa shape index (κ2) is 3.58. The molecule has 0 bridgehead atoms. The molecule has 1 rings (SSSR count). The highest BCUT2D eigenvalue weighted by Gasteiger charge is 2.38. The minimum atomic E-state index is -4.27. The Labute approximate surface area is 72.5 Å². The van der Waals surface area contributed by atoms with E-state index >= 15 is 0 Å². The first-order valence-corrected chi connectivity index (χ1v) is 3.56. The van der Waals surface area contributed by atoms with E-state index in [4.69, 9.17) is 0 Å². The van der Waals surface area contributed by atoms with Crippen molar-refractivity contribution in [2.24, 2.45) is 10.9 Å². The molecule has 0 radical (unpaired) electrons. The molecule has 0 saturated heterocycles. The molecule has 1 aliphatic carbocycles. The highest BCUT2D eigenvalue weighted by atomic mass is 19.4. The van der Waals surface area contributed by atoms with Gasteiger partial charge in [-0.3, -0.25) is 0 Å². The van der Waals surface area contributed by atoms with Gasteiger partial charge in [-0.25, -0.2) is 4.79 Å². The number of hydrogen-bond donors (Lipinski definition) is 0. The number of nitrogens with zero attached hydrogens (tertiary/aromatic N) is 1. The highest BCUT2D eigenvalue weighted by molar-refractivity contribution is 5.38. The van der Waals surface area contributed by atoms with Crippen LogP contribution in [0.25, 0.3) is 0 Å². The monoisotopic (exact) mass is 189 g/mol. The Bertz CT molecular complexity index is 297. The van der Waals surface area contributed by atoms with Crippen LogP contribution in [-0.2, 0) is 4.79 Å². The largest absolute Gasteiger partial charge is 0.395 e. The van der Waals surface area contributed by atoms with E-state index < -0.39 is 12.1 Å². The fourth-order valence-corrected chi connectivity index (χ4v) is 1.03. The standard InChI is InChI=1S/C8H6F3NO/c9-8(10,11)6-2-1-3-7(4-6)12-5-13/h1-3,6H,4H2. The molecule has 0 aromatic carbocycles. The van der Waals surface area contributed by atoms with E-state index in [1.807, 2.05) is 0 Å². The molecule has 70 valence electrons. The maximum atomic E-state index is 12.1. The second-order valence-corrected chi connectivity index (χ2v) is 2.60. The molecule has 1 aliphatic rings. The Balaban J connectivity index is 2.75. The normalized spacial score (nSPS) is 22.1. The van der Waals surface area contributed by atoms with Crippen molar-refractivity contribution in [3.8, 4) is 0 Å². The fraction of sp³-hybridized carbons (Fsp3) is 0.375. The van der Waals surface area contributed by atoms with Crippen LogP contribution in [0.2, 0.25) is 0 Å². The summed E-state index contributed by atoms with van der Waals surface area (Å²) < 4.78 is 36.4. The van der Waals surface area contributed by atoms with Crippen LogP contribution in [0.5, 0.6) is 0 Å². The van der Waals surface area contributed by atoms with Crippen LogP contribution in [0.3, 0.4) is 0 Å². The predicted molar refractivity (Wildman–Crippen MR) is 39.5 cm³/mol. The van der Waals surface area contributed by atoms with Gasteiger partial charge >= 0.3 is 6.18 Å². The molecule has 0 spiro atoms. The van der Waals surface area contributed by atoms with E-state index in [0.29, 0.717) is 0 Å². The van der Waals surface area contributed by atoms with Gasteiger partial charge in [0.2, 0.25) is 6.08 Å². The van der Waals surface area contributed by atoms with Gasteiger partial charge in [-0.15, -0.1) is 0 Å². The molecule has 5 heteroatoms. The van der Waals surface area contributed by atoms with Gasteiger partial charge in [-0.1, -0.05) is 12.2 Å². The lowest BCUT2D eigenvalue weighted by atomic mass is 9.98. The van der Waals surface area contributed by atoms with Crippen molar-refractivity contribution in [3.05, 3.63) is 23.9 Å². The first kappa shape index (κ1) is 9.74. The Morgan fingerprint density at radius 2 is 2.23 bits per heavy atom. The maximum Gasteiger partial charge on any atom is 0.395 e. The summed E-state index contributed by atoms with van der Waals surface area (Å²) in [5, 5.41) is 0. The lowest BCUT2D eigenvalue weighted by Gasteiger charge is -2.18. The summed E-state index contributed by atoms with van der Waals surface area (Å²) >= 11 is 0. The molecule has 0 saturated carbocycles. The van der Waals surface area contributed by atoms with E-state index in [1.165, 1.54) is 18.2 Å². The highest BCUT2D eigenvalue weighted by Crippen LogP contribution is 2.34. The summed E-state index contributed by atoms with van der Waals surface area (Å²) in [5.41, 5.74) is 0.111. The Morgan fingerprint density at radius 3 is 2.77 bits per heavy atom. The molecule has 0 aromatic heterocycles. The number of isocyanates is 1. The van der Waals surface area contributed by atoms with Crippen molar-refractivity contribution in [3.63, 3.8) is 0 Å². The molecule has 0 amide bonds. The van der Waals surface area contributed by atoms with Crippen LogP contribution in [-0.4, -0.2) is 12.3 Å². The van der Waals surface area contributed by atoms with Crippen molar-refractivity contribution in [2.75, 3.05) is 0 Å². The summed E-state index contributed by atoms with van der Waals surface area (Å²) in [5.74, 6) is -1.54. The number of alkyl halides is 3. The molecule has 0 aromatic rings. The van der Waals surface area contributed by atoms with Crippen molar-refractivity contribution < 1.29 is 18.0 Å². The van der Waals surface area contributed by atoms with Gasteiger partial charge in [-0.05, 0) is 6.08 Å². The van der Waals surface area contributed by atoms with Crippen LogP contribution >= 0.6 is 0 Å². The van der Waals surface area contributed by atoms with E-state index in [1.54, 1.807) is 0 Å². The Hall–Kier alpha value is -1.35. The molecule has 0 heterocycles. The molecule has 1 atom stereocenters. The van der Waals surface area contributed by atoms with Gasteiger partial charge in [-0.2, -0.15) is 18.2 Å².